The molecule has 0 saturated carbocycles. The van der Waals surface area contributed by atoms with E-state index in [-0.39, 0.29) is 12.4 Å². The largest absolute Gasteiger partial charge is 0.490 e. The summed E-state index contributed by atoms with van der Waals surface area (Å²) in [6.45, 7) is 5.53. The van der Waals surface area contributed by atoms with Crippen LogP contribution in [0.2, 0.25) is 0 Å². The first kappa shape index (κ1) is 21.2. The molecule has 0 aliphatic rings. The molecular weight excluding hydrogens is 433 g/mol. The molecule has 29 heavy (non-hydrogen) atoms. The van der Waals surface area contributed by atoms with Crippen molar-refractivity contribution in [2.45, 2.75) is 33.4 Å². The fraction of sp³-hybridized carbons (Fsp3) is 0.250. The molecule has 3 nitrogen and oxygen atoms in total. The van der Waals surface area contributed by atoms with Gasteiger partial charge in [0.1, 0.15) is 12.4 Å². The molecule has 0 spiro atoms. The van der Waals surface area contributed by atoms with Gasteiger partial charge in [-0.25, -0.2) is 4.39 Å². The van der Waals surface area contributed by atoms with Crippen molar-refractivity contribution in [2.24, 2.45) is 0 Å². The van der Waals surface area contributed by atoms with Crippen molar-refractivity contribution in [1.82, 2.24) is 0 Å². The summed E-state index contributed by atoms with van der Waals surface area (Å²) in [7, 11) is 0. The van der Waals surface area contributed by atoms with E-state index in [2.05, 4.69) is 52.4 Å². The number of hydrogen-bond donors (Lipinski definition) is 1. The van der Waals surface area contributed by atoms with Crippen LogP contribution in [-0.2, 0) is 19.6 Å². The minimum atomic E-state index is -0.274. The Balaban J connectivity index is 1.72. The summed E-state index contributed by atoms with van der Waals surface area (Å²) in [6.07, 6.45) is 1.03. The average Bonchev–Trinajstić information content (AvgIpc) is 2.72. The summed E-state index contributed by atoms with van der Waals surface area (Å²) in [6, 6.07) is 18.8. The van der Waals surface area contributed by atoms with E-state index in [1.807, 2.05) is 25.1 Å². The molecule has 5 heteroatoms. The maximum Gasteiger partial charge on any atom is 0.175 e. The first-order valence-electron chi connectivity index (χ1n) is 9.74. The third-order valence-corrected chi connectivity index (χ3v) is 5.09. The molecule has 0 bridgehead atoms. The summed E-state index contributed by atoms with van der Waals surface area (Å²) in [5, 5.41) is 3.43. The second-order valence-corrected chi connectivity index (χ2v) is 7.51. The molecule has 0 aliphatic heterocycles. The van der Waals surface area contributed by atoms with Crippen molar-refractivity contribution in [2.75, 3.05) is 11.9 Å². The van der Waals surface area contributed by atoms with E-state index in [1.54, 1.807) is 6.07 Å². The number of benzene rings is 3. The first-order chi connectivity index (χ1) is 14.1. The van der Waals surface area contributed by atoms with E-state index in [9.17, 15) is 4.39 Å². The third kappa shape index (κ3) is 5.97. The number of nitrogens with one attached hydrogen (secondary N) is 1. The summed E-state index contributed by atoms with van der Waals surface area (Å²) < 4.78 is 25.9. The molecule has 0 fully saturated rings. The van der Waals surface area contributed by atoms with Crippen LogP contribution in [0, 0.1) is 5.82 Å². The number of ether oxygens (including phenoxy) is 2. The van der Waals surface area contributed by atoms with Crippen molar-refractivity contribution >= 4 is 21.6 Å². The smallest absolute Gasteiger partial charge is 0.175 e. The molecule has 0 amide bonds. The summed E-state index contributed by atoms with van der Waals surface area (Å²) in [4.78, 5) is 0. The van der Waals surface area contributed by atoms with Crippen LogP contribution in [0.5, 0.6) is 11.5 Å². The lowest BCUT2D eigenvalue weighted by atomic mass is 10.1. The SMILES string of the molecule is CCOc1cc(CNc2ccc(CC)cc2)cc(Br)c1OCc1cccc(F)c1. The zero-order valence-corrected chi connectivity index (χ0v) is 18.3. The average molecular weight is 458 g/mol. The lowest BCUT2D eigenvalue weighted by molar-refractivity contribution is 0.267. The fourth-order valence-electron chi connectivity index (χ4n) is 2.97. The highest BCUT2D eigenvalue weighted by Gasteiger charge is 2.13. The number of rotatable bonds is 9. The van der Waals surface area contributed by atoms with E-state index < -0.39 is 0 Å². The highest BCUT2D eigenvalue weighted by molar-refractivity contribution is 9.10. The molecule has 152 valence electrons. The standard InChI is InChI=1S/C24H25BrFNO2/c1-3-17-8-10-21(11-9-17)27-15-19-13-22(25)24(23(14-19)28-4-2)29-16-18-6-5-7-20(26)12-18/h5-14,27H,3-4,15-16H2,1-2H3. The Morgan fingerprint density at radius 3 is 2.38 bits per heavy atom. The van der Waals surface area contributed by atoms with Crippen LogP contribution < -0.4 is 14.8 Å². The summed E-state index contributed by atoms with van der Waals surface area (Å²) in [5.41, 5.74) is 4.22. The van der Waals surface area contributed by atoms with Gasteiger partial charge in [-0.2, -0.15) is 0 Å². The van der Waals surface area contributed by atoms with Crippen LogP contribution in [0.3, 0.4) is 0 Å². The van der Waals surface area contributed by atoms with E-state index in [1.165, 1.54) is 17.7 Å². The van der Waals surface area contributed by atoms with Gasteiger partial charge in [-0.05, 0) is 82.4 Å². The third-order valence-electron chi connectivity index (χ3n) is 4.50. The zero-order chi connectivity index (χ0) is 20.6. The van der Waals surface area contributed by atoms with Crippen LogP contribution in [0.15, 0.2) is 65.1 Å². The van der Waals surface area contributed by atoms with Gasteiger partial charge in [0, 0.05) is 12.2 Å². The number of anilines is 1. The highest BCUT2D eigenvalue weighted by Crippen LogP contribution is 2.37. The van der Waals surface area contributed by atoms with Gasteiger partial charge in [0.25, 0.3) is 0 Å². The topological polar surface area (TPSA) is 30.5 Å². The molecule has 0 heterocycles. The van der Waals surface area contributed by atoms with E-state index in [4.69, 9.17) is 9.47 Å². The lowest BCUT2D eigenvalue weighted by Gasteiger charge is -2.16. The van der Waals surface area contributed by atoms with Gasteiger partial charge in [0.05, 0.1) is 11.1 Å². The van der Waals surface area contributed by atoms with E-state index >= 15 is 0 Å². The number of aryl methyl sites for hydroxylation is 1. The monoisotopic (exact) mass is 457 g/mol. The van der Waals surface area contributed by atoms with Crippen LogP contribution in [-0.4, -0.2) is 6.61 Å². The van der Waals surface area contributed by atoms with Gasteiger partial charge >= 0.3 is 0 Å². The zero-order valence-electron chi connectivity index (χ0n) is 16.7. The van der Waals surface area contributed by atoms with Crippen molar-refractivity contribution in [3.05, 3.63) is 87.6 Å². The normalized spacial score (nSPS) is 10.6. The molecule has 3 aromatic rings. The molecule has 0 aromatic heterocycles. The van der Waals surface area contributed by atoms with Gasteiger partial charge in [0.15, 0.2) is 11.5 Å². The Labute approximate surface area is 180 Å². The molecule has 3 rings (SSSR count). The molecule has 0 unspecified atom stereocenters. The Hall–Kier alpha value is -2.53. The minimum absolute atomic E-state index is 0.262. The van der Waals surface area contributed by atoms with Crippen LogP contribution in [0.1, 0.15) is 30.5 Å². The Bertz CT molecular complexity index is 944. The number of halogens is 2. The summed E-state index contributed by atoms with van der Waals surface area (Å²) in [5.74, 6) is 1.01. The van der Waals surface area contributed by atoms with E-state index in [0.717, 1.165) is 27.7 Å². The van der Waals surface area contributed by atoms with Crippen LogP contribution in [0.4, 0.5) is 10.1 Å². The Kier molecular flexibility index (Phi) is 7.53. The molecule has 0 atom stereocenters. The molecule has 0 saturated heterocycles. The predicted octanol–water partition coefficient (Wildman–Crippen LogP) is 6.74. The second kappa shape index (κ2) is 10.3. The van der Waals surface area contributed by atoms with Crippen molar-refractivity contribution < 1.29 is 13.9 Å². The van der Waals surface area contributed by atoms with Crippen molar-refractivity contribution in [3.8, 4) is 11.5 Å². The molecule has 0 radical (unpaired) electrons. The number of hydrogen-bond acceptors (Lipinski definition) is 3. The van der Waals surface area contributed by atoms with Gasteiger partial charge in [0.2, 0.25) is 0 Å². The van der Waals surface area contributed by atoms with Gasteiger partial charge in [-0.1, -0.05) is 31.2 Å². The highest BCUT2D eigenvalue weighted by atomic mass is 79.9. The van der Waals surface area contributed by atoms with Crippen LogP contribution in [0.25, 0.3) is 0 Å². The molecule has 1 N–H and O–H groups in total. The quantitative estimate of drug-likeness (QED) is 0.385. The predicted molar refractivity (Wildman–Crippen MR) is 119 cm³/mol. The second-order valence-electron chi connectivity index (χ2n) is 6.66. The van der Waals surface area contributed by atoms with Gasteiger partial charge in [-0.3, -0.25) is 0 Å². The molecule has 0 aliphatic carbocycles. The van der Waals surface area contributed by atoms with Crippen molar-refractivity contribution in [1.29, 1.82) is 0 Å². The maximum absolute atomic E-state index is 13.4. The molecule has 3 aromatic carbocycles. The summed E-state index contributed by atoms with van der Waals surface area (Å²) >= 11 is 3.59. The van der Waals surface area contributed by atoms with Crippen LogP contribution >= 0.6 is 15.9 Å². The molecular formula is C24H25BrFNO2. The lowest BCUT2D eigenvalue weighted by Crippen LogP contribution is -2.04. The fourth-order valence-corrected chi connectivity index (χ4v) is 3.58. The van der Waals surface area contributed by atoms with Crippen molar-refractivity contribution in [3.63, 3.8) is 0 Å². The van der Waals surface area contributed by atoms with Gasteiger partial charge in [-0.15, -0.1) is 0 Å². The maximum atomic E-state index is 13.4. The Morgan fingerprint density at radius 2 is 1.69 bits per heavy atom. The van der Waals surface area contributed by atoms with Gasteiger partial charge < -0.3 is 14.8 Å². The first-order valence-corrected chi connectivity index (χ1v) is 10.5. The Morgan fingerprint density at radius 1 is 0.897 bits per heavy atom. The van der Waals surface area contributed by atoms with E-state index in [0.29, 0.717) is 24.7 Å². The minimum Gasteiger partial charge on any atom is -0.490 e.